The van der Waals surface area contributed by atoms with E-state index < -0.39 is 5.97 Å². The molecule has 2 aromatic heterocycles. The third-order valence-corrected chi connectivity index (χ3v) is 5.27. The first-order chi connectivity index (χ1) is 12.5. The van der Waals surface area contributed by atoms with Crippen molar-refractivity contribution in [3.63, 3.8) is 0 Å². The van der Waals surface area contributed by atoms with Gasteiger partial charge in [-0.2, -0.15) is 0 Å². The number of carbonyl (C=O) groups is 1. The monoisotopic (exact) mass is 384 g/mol. The Labute approximate surface area is 159 Å². The van der Waals surface area contributed by atoms with Crippen LogP contribution in [0.1, 0.15) is 16.1 Å². The highest BCUT2D eigenvalue weighted by Gasteiger charge is 2.18. The van der Waals surface area contributed by atoms with E-state index in [2.05, 4.69) is 9.97 Å². The summed E-state index contributed by atoms with van der Waals surface area (Å²) < 4.78 is 4.87. The standard InChI is InChI=1S/C20H14Cl2N2O2/c1-10-7-11(8-14(21)17(10)22)18-19-13(9-16(24-18)20(25)26-2)12-5-3-4-6-15(12)23-19/h3-9,23H,1-2H3. The molecule has 130 valence electrons. The zero-order valence-electron chi connectivity index (χ0n) is 14.1. The summed E-state index contributed by atoms with van der Waals surface area (Å²) in [7, 11) is 1.34. The number of hydrogen-bond donors (Lipinski definition) is 1. The van der Waals surface area contributed by atoms with Gasteiger partial charge in [0.25, 0.3) is 0 Å². The minimum absolute atomic E-state index is 0.239. The number of para-hydroxylation sites is 1. The molecule has 0 saturated carbocycles. The number of ether oxygens (including phenoxy) is 1. The second kappa shape index (κ2) is 6.31. The van der Waals surface area contributed by atoms with Crippen LogP contribution in [-0.2, 0) is 4.74 Å². The van der Waals surface area contributed by atoms with E-state index in [0.29, 0.717) is 15.7 Å². The molecule has 4 aromatic rings. The number of aromatic amines is 1. The van der Waals surface area contributed by atoms with Crippen LogP contribution in [0.3, 0.4) is 0 Å². The lowest BCUT2D eigenvalue weighted by molar-refractivity contribution is 0.0594. The summed E-state index contributed by atoms with van der Waals surface area (Å²) in [5, 5.41) is 2.85. The van der Waals surface area contributed by atoms with Crippen molar-refractivity contribution in [3.8, 4) is 11.3 Å². The van der Waals surface area contributed by atoms with Crippen molar-refractivity contribution < 1.29 is 9.53 Å². The van der Waals surface area contributed by atoms with E-state index in [1.165, 1.54) is 7.11 Å². The molecule has 2 aromatic carbocycles. The van der Waals surface area contributed by atoms with Gasteiger partial charge in [0.05, 0.1) is 28.4 Å². The Bertz CT molecular complexity index is 1160. The lowest BCUT2D eigenvalue weighted by Crippen LogP contribution is -2.05. The van der Waals surface area contributed by atoms with Crippen LogP contribution in [0.2, 0.25) is 10.0 Å². The lowest BCUT2D eigenvalue weighted by atomic mass is 10.0. The number of methoxy groups -OCH3 is 1. The number of fused-ring (bicyclic) bond motifs is 3. The summed E-state index contributed by atoms with van der Waals surface area (Å²) in [6, 6.07) is 13.3. The second-order valence-corrected chi connectivity index (χ2v) is 6.81. The molecular weight excluding hydrogens is 371 g/mol. The Kier molecular flexibility index (Phi) is 4.10. The SMILES string of the molecule is COC(=O)c1cc2c([nH]c3ccccc32)c(-c2cc(C)c(Cl)c(Cl)c2)n1. The van der Waals surface area contributed by atoms with Gasteiger partial charge in [0.15, 0.2) is 0 Å². The second-order valence-electron chi connectivity index (χ2n) is 6.03. The van der Waals surface area contributed by atoms with Crippen LogP contribution in [0.5, 0.6) is 0 Å². The predicted octanol–water partition coefficient (Wildman–Crippen LogP) is 5.78. The number of benzene rings is 2. The lowest BCUT2D eigenvalue weighted by Gasteiger charge is -2.09. The van der Waals surface area contributed by atoms with Crippen LogP contribution in [0.25, 0.3) is 33.1 Å². The van der Waals surface area contributed by atoms with Gasteiger partial charge in [-0.3, -0.25) is 0 Å². The van der Waals surface area contributed by atoms with Gasteiger partial charge in [-0.05, 0) is 36.8 Å². The van der Waals surface area contributed by atoms with Crippen molar-refractivity contribution in [2.75, 3.05) is 7.11 Å². The average molecular weight is 385 g/mol. The van der Waals surface area contributed by atoms with Crippen molar-refractivity contribution in [1.82, 2.24) is 9.97 Å². The number of hydrogen-bond acceptors (Lipinski definition) is 3. The van der Waals surface area contributed by atoms with Gasteiger partial charge in [0, 0.05) is 21.9 Å². The number of carbonyl (C=O) groups excluding carboxylic acids is 1. The van der Waals surface area contributed by atoms with Gasteiger partial charge < -0.3 is 9.72 Å². The number of aryl methyl sites for hydroxylation is 1. The maximum atomic E-state index is 12.1. The van der Waals surface area contributed by atoms with Crippen LogP contribution in [0.4, 0.5) is 0 Å². The van der Waals surface area contributed by atoms with E-state index in [9.17, 15) is 4.79 Å². The number of halogens is 2. The molecule has 0 aliphatic heterocycles. The zero-order chi connectivity index (χ0) is 18.4. The Hall–Kier alpha value is -2.56. The molecule has 0 amide bonds. The van der Waals surface area contributed by atoms with Crippen molar-refractivity contribution >= 4 is 51.0 Å². The van der Waals surface area contributed by atoms with Gasteiger partial charge in [0.2, 0.25) is 0 Å². The van der Waals surface area contributed by atoms with Gasteiger partial charge in [-0.1, -0.05) is 41.4 Å². The fraction of sp³-hybridized carbons (Fsp3) is 0.100. The summed E-state index contributed by atoms with van der Waals surface area (Å²) in [5.74, 6) is -0.491. The molecule has 0 unspecified atom stereocenters. The minimum Gasteiger partial charge on any atom is -0.464 e. The van der Waals surface area contributed by atoms with Crippen LogP contribution in [-0.4, -0.2) is 23.0 Å². The summed E-state index contributed by atoms with van der Waals surface area (Å²) >= 11 is 12.5. The van der Waals surface area contributed by atoms with E-state index in [4.69, 9.17) is 27.9 Å². The van der Waals surface area contributed by atoms with E-state index in [1.807, 2.05) is 37.3 Å². The molecule has 4 rings (SSSR count). The molecule has 6 heteroatoms. The number of nitrogens with zero attached hydrogens (tertiary/aromatic N) is 1. The van der Waals surface area contributed by atoms with Gasteiger partial charge in [-0.25, -0.2) is 9.78 Å². The van der Waals surface area contributed by atoms with Crippen molar-refractivity contribution in [2.45, 2.75) is 6.92 Å². The summed E-state index contributed by atoms with van der Waals surface area (Å²) in [6.07, 6.45) is 0. The van der Waals surface area contributed by atoms with Crippen molar-refractivity contribution in [2.24, 2.45) is 0 Å². The third kappa shape index (κ3) is 2.62. The van der Waals surface area contributed by atoms with Crippen LogP contribution in [0, 0.1) is 6.92 Å². The van der Waals surface area contributed by atoms with E-state index >= 15 is 0 Å². The molecule has 26 heavy (non-hydrogen) atoms. The molecule has 0 atom stereocenters. The average Bonchev–Trinajstić information content (AvgIpc) is 3.03. The third-order valence-electron chi connectivity index (χ3n) is 4.37. The highest BCUT2D eigenvalue weighted by Crippen LogP contribution is 2.36. The number of esters is 1. The van der Waals surface area contributed by atoms with E-state index in [-0.39, 0.29) is 5.69 Å². The molecule has 0 fully saturated rings. The van der Waals surface area contributed by atoms with Gasteiger partial charge in [0.1, 0.15) is 5.69 Å². The molecule has 0 spiro atoms. The van der Waals surface area contributed by atoms with Crippen LogP contribution >= 0.6 is 23.2 Å². The Morgan fingerprint density at radius 2 is 1.88 bits per heavy atom. The summed E-state index contributed by atoms with van der Waals surface area (Å²) in [4.78, 5) is 20.1. The largest absolute Gasteiger partial charge is 0.464 e. The Morgan fingerprint density at radius 1 is 1.12 bits per heavy atom. The molecule has 0 aliphatic rings. The number of pyridine rings is 1. The maximum absolute atomic E-state index is 12.1. The van der Waals surface area contributed by atoms with Crippen molar-refractivity contribution in [3.05, 3.63) is 63.8 Å². The fourth-order valence-corrected chi connectivity index (χ4v) is 3.50. The summed E-state index contributed by atoms with van der Waals surface area (Å²) in [5.41, 5.74) is 4.27. The highest BCUT2D eigenvalue weighted by atomic mass is 35.5. The Morgan fingerprint density at radius 3 is 2.62 bits per heavy atom. The maximum Gasteiger partial charge on any atom is 0.356 e. The Balaban J connectivity index is 2.11. The topological polar surface area (TPSA) is 55.0 Å². The number of H-pyrrole nitrogens is 1. The predicted molar refractivity (Wildman–Crippen MR) is 105 cm³/mol. The molecule has 4 nitrogen and oxygen atoms in total. The first kappa shape index (κ1) is 16.9. The number of aromatic nitrogens is 2. The molecule has 0 radical (unpaired) electrons. The molecule has 0 aliphatic carbocycles. The molecule has 0 saturated heterocycles. The smallest absolute Gasteiger partial charge is 0.356 e. The quantitative estimate of drug-likeness (QED) is 0.445. The van der Waals surface area contributed by atoms with Crippen LogP contribution in [0.15, 0.2) is 42.5 Å². The molecular formula is C20H14Cl2N2O2. The number of nitrogens with one attached hydrogen (secondary N) is 1. The highest BCUT2D eigenvalue weighted by molar-refractivity contribution is 6.42. The first-order valence-corrected chi connectivity index (χ1v) is 8.71. The summed E-state index contributed by atoms with van der Waals surface area (Å²) in [6.45, 7) is 1.88. The molecule has 2 heterocycles. The van der Waals surface area contributed by atoms with Gasteiger partial charge in [-0.15, -0.1) is 0 Å². The van der Waals surface area contributed by atoms with Crippen molar-refractivity contribution in [1.29, 1.82) is 0 Å². The fourth-order valence-electron chi connectivity index (χ4n) is 3.13. The van der Waals surface area contributed by atoms with E-state index in [1.54, 1.807) is 12.1 Å². The number of rotatable bonds is 2. The molecule has 1 N–H and O–H groups in total. The first-order valence-electron chi connectivity index (χ1n) is 7.95. The minimum atomic E-state index is -0.491. The normalized spacial score (nSPS) is 11.2. The molecule has 0 bridgehead atoms. The van der Waals surface area contributed by atoms with Crippen LogP contribution < -0.4 is 0 Å². The van der Waals surface area contributed by atoms with Gasteiger partial charge >= 0.3 is 5.97 Å². The zero-order valence-corrected chi connectivity index (χ0v) is 15.6. The van der Waals surface area contributed by atoms with E-state index in [0.717, 1.165) is 32.9 Å².